The van der Waals surface area contributed by atoms with E-state index in [1.54, 1.807) is 24.3 Å². The maximum absolute atomic E-state index is 13.8. The van der Waals surface area contributed by atoms with E-state index in [4.69, 9.17) is 10.5 Å². The Hall–Kier alpha value is -3.83. The first-order valence-electron chi connectivity index (χ1n) is 14.1. The predicted molar refractivity (Wildman–Crippen MR) is 160 cm³/mol. The zero-order valence-corrected chi connectivity index (χ0v) is 24.5. The van der Waals surface area contributed by atoms with Gasteiger partial charge in [-0.25, -0.2) is 4.79 Å². The van der Waals surface area contributed by atoms with E-state index in [0.717, 1.165) is 12.0 Å². The van der Waals surface area contributed by atoms with Crippen molar-refractivity contribution in [2.75, 3.05) is 18.5 Å². The van der Waals surface area contributed by atoms with Gasteiger partial charge in [0.25, 0.3) is 0 Å². The van der Waals surface area contributed by atoms with Crippen molar-refractivity contribution in [1.29, 1.82) is 0 Å². The van der Waals surface area contributed by atoms with Crippen molar-refractivity contribution < 1.29 is 33.8 Å². The summed E-state index contributed by atoms with van der Waals surface area (Å²) in [6.45, 7) is 3.74. The largest absolute Gasteiger partial charge is 0.461 e. The summed E-state index contributed by atoms with van der Waals surface area (Å²) in [6, 6.07) is 7.89. The number of aliphatic hydroxyl groups excluding tert-OH is 1. The molecule has 2 atom stereocenters. The molecule has 11 heteroatoms. The molecule has 1 aliphatic rings. The molecular weight excluding hydrogens is 558 g/mol. The number of primary amides is 1. The van der Waals surface area contributed by atoms with E-state index in [0.29, 0.717) is 36.9 Å². The van der Waals surface area contributed by atoms with Gasteiger partial charge in [-0.3, -0.25) is 19.2 Å². The van der Waals surface area contributed by atoms with Crippen LogP contribution in [0.15, 0.2) is 53.7 Å². The lowest BCUT2D eigenvalue weighted by Gasteiger charge is -2.40. The Labute approximate surface area is 249 Å². The number of aliphatic hydroxyl groups is 1. The number of hydrogen-bond donors (Lipinski definition) is 4. The Kier molecular flexibility index (Phi) is 12.4. The molecule has 0 bridgehead atoms. The van der Waals surface area contributed by atoms with Crippen LogP contribution in [0.3, 0.4) is 0 Å². The molecule has 3 rings (SSSR count). The molecular formula is C31H39N3O7S. The summed E-state index contributed by atoms with van der Waals surface area (Å²) in [5, 5.41) is 18.4. The van der Waals surface area contributed by atoms with Gasteiger partial charge in [0.2, 0.25) is 5.91 Å². The number of thiophene rings is 1. The molecule has 10 nitrogen and oxygen atoms in total. The Bertz CT molecular complexity index is 1240. The van der Waals surface area contributed by atoms with Gasteiger partial charge in [-0.05, 0) is 65.8 Å². The fourth-order valence-corrected chi connectivity index (χ4v) is 5.88. The third-order valence-corrected chi connectivity index (χ3v) is 8.43. The Balaban J connectivity index is 1.73. The average Bonchev–Trinajstić information content (AvgIpc) is 3.48. The molecule has 1 saturated carbocycles. The highest BCUT2D eigenvalue weighted by Crippen LogP contribution is 2.46. The van der Waals surface area contributed by atoms with E-state index in [9.17, 15) is 29.1 Å². The fourth-order valence-electron chi connectivity index (χ4n) is 5.13. The van der Waals surface area contributed by atoms with Crippen LogP contribution in [0.5, 0.6) is 0 Å². The highest BCUT2D eigenvalue weighted by Gasteiger charge is 2.50. The Morgan fingerprint density at radius 1 is 1.07 bits per heavy atom. The van der Waals surface area contributed by atoms with E-state index >= 15 is 0 Å². The third-order valence-electron chi connectivity index (χ3n) is 7.73. The van der Waals surface area contributed by atoms with Crippen molar-refractivity contribution in [1.82, 2.24) is 5.32 Å². The van der Waals surface area contributed by atoms with Crippen LogP contribution >= 0.6 is 11.3 Å². The van der Waals surface area contributed by atoms with Gasteiger partial charge >= 0.3 is 12.0 Å². The van der Waals surface area contributed by atoms with Gasteiger partial charge in [0.15, 0.2) is 0 Å². The lowest BCUT2D eigenvalue weighted by Crippen LogP contribution is -2.47. The normalized spacial score (nSPS) is 15.0. The van der Waals surface area contributed by atoms with Crippen LogP contribution in [-0.4, -0.2) is 47.7 Å². The summed E-state index contributed by atoms with van der Waals surface area (Å²) in [5.74, 6) is -2.48. The molecule has 0 unspecified atom stereocenters. The first-order chi connectivity index (χ1) is 20.2. The van der Waals surface area contributed by atoms with Crippen LogP contribution in [0.1, 0.15) is 68.4 Å². The number of ether oxygens (including phenoxy) is 1. The van der Waals surface area contributed by atoms with Crippen molar-refractivity contribution in [3.63, 3.8) is 0 Å². The van der Waals surface area contributed by atoms with Gasteiger partial charge in [0.1, 0.15) is 18.2 Å². The average molecular weight is 598 g/mol. The van der Waals surface area contributed by atoms with Crippen molar-refractivity contribution in [2.24, 2.45) is 17.1 Å². The number of benzene rings is 1. The minimum Gasteiger partial charge on any atom is -0.461 e. The van der Waals surface area contributed by atoms with Crippen LogP contribution in [-0.2, 0) is 30.5 Å². The number of amides is 3. The molecule has 1 aromatic heterocycles. The second-order valence-electron chi connectivity index (χ2n) is 10.6. The topological polar surface area (TPSA) is 165 Å². The maximum Gasteiger partial charge on any atom is 0.312 e. The molecule has 5 N–H and O–H groups in total. The number of hydrogen-bond acceptors (Lipinski definition) is 8. The molecule has 0 saturated heterocycles. The van der Waals surface area contributed by atoms with E-state index < -0.39 is 29.3 Å². The van der Waals surface area contributed by atoms with E-state index in [-0.39, 0.29) is 56.5 Å². The lowest BCUT2D eigenvalue weighted by molar-refractivity contribution is -0.148. The molecule has 0 radical (unpaired) electrons. The molecule has 0 aliphatic heterocycles. The summed E-state index contributed by atoms with van der Waals surface area (Å²) in [5.41, 5.74) is 6.01. The number of esters is 1. The first-order valence-corrected chi connectivity index (χ1v) is 15.0. The number of anilines is 1. The van der Waals surface area contributed by atoms with Crippen molar-refractivity contribution in [2.45, 2.75) is 63.9 Å². The number of nitrogens with two attached hydrogens (primary N) is 1. The molecule has 1 aliphatic carbocycles. The molecule has 42 heavy (non-hydrogen) atoms. The van der Waals surface area contributed by atoms with Gasteiger partial charge in [-0.2, -0.15) is 11.3 Å². The summed E-state index contributed by atoms with van der Waals surface area (Å²) in [6.07, 6.45) is 3.60. The SMILES string of the molecule is C=CCOC(=O)C[C@H](CC(=O)C1(C(=O)C[C@@H](CCCNC(N)=O)C(=O)Nc2ccc(CO)cc2)CCC1)c1ccsc1. The number of Topliss-reactive ketones (excluding diaryl/α,β-unsaturated/α-hetero) is 2. The quantitative estimate of drug-likeness (QED) is 0.0864. The number of ketones is 2. The zero-order chi connectivity index (χ0) is 30.5. The van der Waals surface area contributed by atoms with Gasteiger partial charge in [-0.1, -0.05) is 31.2 Å². The second-order valence-corrected chi connectivity index (χ2v) is 11.4. The van der Waals surface area contributed by atoms with Crippen LogP contribution in [0.2, 0.25) is 0 Å². The summed E-state index contributed by atoms with van der Waals surface area (Å²) < 4.78 is 5.15. The van der Waals surface area contributed by atoms with Crippen LogP contribution in [0.25, 0.3) is 0 Å². The predicted octanol–water partition coefficient (Wildman–Crippen LogP) is 4.24. The molecule has 1 fully saturated rings. The molecule has 0 spiro atoms. The highest BCUT2D eigenvalue weighted by molar-refractivity contribution is 7.08. The molecule has 1 heterocycles. The second kappa shape index (κ2) is 16.0. The molecule has 1 aromatic carbocycles. The summed E-state index contributed by atoms with van der Waals surface area (Å²) in [4.78, 5) is 64.3. The smallest absolute Gasteiger partial charge is 0.312 e. The minimum absolute atomic E-state index is 0.00749. The van der Waals surface area contributed by atoms with Crippen molar-refractivity contribution >= 4 is 46.5 Å². The monoisotopic (exact) mass is 597 g/mol. The van der Waals surface area contributed by atoms with E-state index in [2.05, 4.69) is 17.2 Å². The van der Waals surface area contributed by atoms with Crippen LogP contribution < -0.4 is 16.4 Å². The fraction of sp³-hybridized carbons (Fsp3) is 0.452. The number of nitrogens with one attached hydrogen (secondary N) is 2. The van der Waals surface area contributed by atoms with Gasteiger partial charge in [-0.15, -0.1) is 0 Å². The van der Waals surface area contributed by atoms with Crippen molar-refractivity contribution in [3.8, 4) is 0 Å². The van der Waals surface area contributed by atoms with E-state index in [1.807, 2.05) is 16.8 Å². The standard InChI is InChI=1S/C31H39N3O7S/c1-2-14-41-28(38)18-24(23-10-15-42-20-23)17-27(37)31(11-4-12-31)26(36)16-22(5-3-13-33-30(32)40)29(39)34-25-8-6-21(19-35)7-9-25/h2,6-10,15,20,22,24,35H,1,3-5,11-14,16-19H2,(H,34,39)(H3,32,33,40)/t22-,24+/m1/s1. The lowest BCUT2D eigenvalue weighted by atomic mass is 9.60. The van der Waals surface area contributed by atoms with Gasteiger partial charge < -0.3 is 26.2 Å². The maximum atomic E-state index is 13.8. The minimum atomic E-state index is -1.19. The summed E-state index contributed by atoms with van der Waals surface area (Å²) in [7, 11) is 0. The number of carbonyl (C=O) groups is 5. The molecule has 226 valence electrons. The first kappa shape index (κ1) is 32.7. The van der Waals surface area contributed by atoms with Gasteiger partial charge in [0.05, 0.1) is 18.4 Å². The van der Waals surface area contributed by atoms with Crippen molar-refractivity contribution in [3.05, 3.63) is 64.9 Å². The number of urea groups is 1. The third kappa shape index (κ3) is 9.09. The molecule has 2 aromatic rings. The van der Waals surface area contributed by atoms with Crippen LogP contribution in [0, 0.1) is 11.3 Å². The Morgan fingerprint density at radius 2 is 1.79 bits per heavy atom. The molecule has 3 amide bonds. The van der Waals surface area contributed by atoms with Crippen LogP contribution in [0.4, 0.5) is 10.5 Å². The van der Waals surface area contributed by atoms with E-state index in [1.165, 1.54) is 17.4 Å². The number of carbonyl (C=O) groups excluding carboxylic acids is 5. The summed E-state index contributed by atoms with van der Waals surface area (Å²) >= 11 is 1.46. The Morgan fingerprint density at radius 3 is 2.36 bits per heavy atom. The van der Waals surface area contributed by atoms with Gasteiger partial charge in [0, 0.05) is 36.9 Å². The highest BCUT2D eigenvalue weighted by atomic mass is 32.1. The number of rotatable bonds is 18. The zero-order valence-electron chi connectivity index (χ0n) is 23.6.